The standard InChI is InChI=1S/C22H27FN4O2/c1-25(2)22(29)21(17-7-4-3-5-8-17)27-13-11-26(12-14-27)16-20(28)24-19-10-6-9-18(23)15-19/h3-10,15,21H,11-14,16H2,1-2H3,(H,24,28)/p+2/t21-/m1/s1. The first-order valence-electron chi connectivity index (χ1n) is 9.93. The minimum absolute atomic E-state index is 0.0958. The topological polar surface area (TPSA) is 58.3 Å². The Morgan fingerprint density at radius 2 is 1.72 bits per heavy atom. The maximum Gasteiger partial charge on any atom is 0.285 e. The number of likely N-dealkylation sites (N-methyl/N-ethyl adjacent to an activating group) is 1. The number of nitrogens with one attached hydrogen (secondary N) is 3. The molecule has 2 amide bonds. The van der Waals surface area contributed by atoms with Gasteiger partial charge in [-0.1, -0.05) is 36.4 Å². The Morgan fingerprint density at radius 3 is 2.34 bits per heavy atom. The normalized spacial score (nSPS) is 20.0. The number of anilines is 1. The Kier molecular flexibility index (Phi) is 6.95. The predicted molar refractivity (Wildman–Crippen MR) is 109 cm³/mol. The molecule has 1 atom stereocenters. The van der Waals surface area contributed by atoms with Crippen LogP contribution in [0, 0.1) is 5.82 Å². The highest BCUT2D eigenvalue weighted by Gasteiger charge is 2.36. The van der Waals surface area contributed by atoms with Gasteiger partial charge in [0, 0.05) is 25.3 Å². The van der Waals surface area contributed by atoms with Crippen LogP contribution in [0.3, 0.4) is 0 Å². The van der Waals surface area contributed by atoms with Crippen molar-refractivity contribution >= 4 is 17.5 Å². The van der Waals surface area contributed by atoms with E-state index < -0.39 is 0 Å². The molecule has 1 aliphatic heterocycles. The van der Waals surface area contributed by atoms with Crippen molar-refractivity contribution in [3.05, 3.63) is 66.0 Å². The molecule has 0 aliphatic carbocycles. The first-order chi connectivity index (χ1) is 13.9. The van der Waals surface area contributed by atoms with E-state index in [2.05, 4.69) is 5.32 Å². The fraction of sp³-hybridized carbons (Fsp3) is 0.364. The summed E-state index contributed by atoms with van der Waals surface area (Å²) in [5.74, 6) is -0.401. The van der Waals surface area contributed by atoms with Gasteiger partial charge >= 0.3 is 0 Å². The summed E-state index contributed by atoms with van der Waals surface area (Å²) in [5, 5.41) is 2.76. The Labute approximate surface area is 170 Å². The summed E-state index contributed by atoms with van der Waals surface area (Å²) in [6.07, 6.45) is 0. The third-order valence-corrected chi connectivity index (χ3v) is 5.35. The Morgan fingerprint density at radius 1 is 1.03 bits per heavy atom. The Balaban J connectivity index is 1.58. The third kappa shape index (κ3) is 5.62. The molecule has 3 rings (SSSR count). The maximum absolute atomic E-state index is 13.3. The highest BCUT2D eigenvalue weighted by atomic mass is 19.1. The number of halogens is 1. The molecule has 1 heterocycles. The highest BCUT2D eigenvalue weighted by molar-refractivity contribution is 5.91. The van der Waals surface area contributed by atoms with Crippen molar-refractivity contribution in [2.24, 2.45) is 0 Å². The molecule has 1 fully saturated rings. The van der Waals surface area contributed by atoms with E-state index in [4.69, 9.17) is 0 Å². The van der Waals surface area contributed by atoms with Crippen molar-refractivity contribution < 1.29 is 23.8 Å². The minimum atomic E-state index is -0.370. The van der Waals surface area contributed by atoms with Gasteiger partial charge in [-0.3, -0.25) is 9.59 Å². The highest BCUT2D eigenvalue weighted by Crippen LogP contribution is 2.12. The van der Waals surface area contributed by atoms with E-state index in [9.17, 15) is 14.0 Å². The molecule has 0 bridgehead atoms. The van der Waals surface area contributed by atoms with Gasteiger partial charge in [0.2, 0.25) is 0 Å². The first kappa shape index (κ1) is 21.0. The quantitative estimate of drug-likeness (QED) is 0.605. The van der Waals surface area contributed by atoms with Crippen molar-refractivity contribution in [3.8, 4) is 0 Å². The molecule has 0 spiro atoms. The number of hydrogen-bond donors (Lipinski definition) is 3. The van der Waals surface area contributed by atoms with Crippen LogP contribution in [0.25, 0.3) is 0 Å². The fourth-order valence-electron chi connectivity index (χ4n) is 3.85. The van der Waals surface area contributed by atoms with Crippen molar-refractivity contribution in [2.45, 2.75) is 6.04 Å². The lowest BCUT2D eigenvalue weighted by molar-refractivity contribution is -1.02. The largest absolute Gasteiger partial charge is 0.343 e. The van der Waals surface area contributed by atoms with E-state index in [-0.39, 0.29) is 23.7 Å². The van der Waals surface area contributed by atoms with Crippen LogP contribution in [0.5, 0.6) is 0 Å². The van der Waals surface area contributed by atoms with Crippen LogP contribution in [0.15, 0.2) is 54.6 Å². The fourth-order valence-corrected chi connectivity index (χ4v) is 3.85. The number of amides is 2. The molecule has 7 heteroatoms. The molecule has 0 radical (unpaired) electrons. The number of nitrogens with zero attached hydrogens (tertiary/aromatic N) is 1. The summed E-state index contributed by atoms with van der Waals surface area (Å²) in [4.78, 5) is 29.2. The van der Waals surface area contributed by atoms with Crippen LogP contribution < -0.4 is 15.1 Å². The van der Waals surface area contributed by atoms with Gasteiger partial charge in [0.05, 0.1) is 0 Å². The van der Waals surface area contributed by atoms with E-state index in [1.807, 2.05) is 30.3 Å². The molecule has 0 saturated carbocycles. The van der Waals surface area contributed by atoms with Crippen LogP contribution in [0.4, 0.5) is 10.1 Å². The summed E-state index contributed by atoms with van der Waals surface area (Å²) in [6, 6.07) is 15.6. The average molecular weight is 400 g/mol. The van der Waals surface area contributed by atoms with Gasteiger partial charge in [0.25, 0.3) is 11.8 Å². The molecule has 2 aromatic rings. The van der Waals surface area contributed by atoms with E-state index in [0.29, 0.717) is 12.2 Å². The second kappa shape index (κ2) is 9.62. The summed E-state index contributed by atoms with van der Waals surface area (Å²) >= 11 is 0. The smallest absolute Gasteiger partial charge is 0.285 e. The molecule has 1 saturated heterocycles. The molecular formula is C22H29FN4O2+2. The summed E-state index contributed by atoms with van der Waals surface area (Å²) in [5.41, 5.74) is 1.49. The van der Waals surface area contributed by atoms with E-state index in [0.717, 1.165) is 31.7 Å². The van der Waals surface area contributed by atoms with E-state index >= 15 is 0 Å². The third-order valence-electron chi connectivity index (χ3n) is 5.35. The predicted octanol–water partition coefficient (Wildman–Crippen LogP) is -0.623. The van der Waals surface area contributed by atoms with Gasteiger partial charge in [0.15, 0.2) is 12.6 Å². The average Bonchev–Trinajstić information content (AvgIpc) is 2.70. The number of rotatable bonds is 6. The summed E-state index contributed by atoms with van der Waals surface area (Å²) in [6.45, 7) is 3.55. The molecule has 3 N–H and O–H groups in total. The second-order valence-electron chi connectivity index (χ2n) is 7.72. The second-order valence-corrected chi connectivity index (χ2v) is 7.72. The molecule has 0 unspecified atom stereocenters. The van der Waals surface area contributed by atoms with Crippen LogP contribution in [0.2, 0.25) is 0 Å². The lowest BCUT2D eigenvalue weighted by Gasteiger charge is -2.34. The maximum atomic E-state index is 13.3. The van der Waals surface area contributed by atoms with Gasteiger partial charge < -0.3 is 20.0 Å². The molecule has 2 aromatic carbocycles. The Hall–Kier alpha value is -2.77. The van der Waals surface area contributed by atoms with E-state index in [1.165, 1.54) is 21.9 Å². The van der Waals surface area contributed by atoms with Gasteiger partial charge in [-0.25, -0.2) is 4.39 Å². The zero-order chi connectivity index (χ0) is 20.8. The van der Waals surface area contributed by atoms with Crippen LogP contribution in [-0.2, 0) is 9.59 Å². The summed E-state index contributed by atoms with van der Waals surface area (Å²) in [7, 11) is 3.58. The Bertz CT molecular complexity index is 836. The van der Waals surface area contributed by atoms with Gasteiger partial charge in [-0.2, -0.15) is 0 Å². The van der Waals surface area contributed by atoms with Crippen LogP contribution >= 0.6 is 0 Å². The van der Waals surface area contributed by atoms with Crippen molar-refractivity contribution in [1.29, 1.82) is 0 Å². The number of carbonyl (C=O) groups is 2. The lowest BCUT2D eigenvalue weighted by atomic mass is 10.0. The number of benzene rings is 2. The SMILES string of the molecule is CN(C)C(=O)[C@@H](c1ccccc1)[NH+]1CC[NH+](CC(=O)Nc2cccc(F)c2)CC1. The van der Waals surface area contributed by atoms with Crippen LogP contribution in [0.1, 0.15) is 11.6 Å². The zero-order valence-corrected chi connectivity index (χ0v) is 17.0. The molecular weight excluding hydrogens is 371 g/mol. The first-order valence-corrected chi connectivity index (χ1v) is 9.93. The number of piperazine rings is 1. The number of quaternary nitrogens is 2. The molecule has 154 valence electrons. The zero-order valence-electron chi connectivity index (χ0n) is 17.0. The monoisotopic (exact) mass is 400 g/mol. The van der Waals surface area contributed by atoms with Gasteiger partial charge in [0.1, 0.15) is 32.0 Å². The molecule has 6 nitrogen and oxygen atoms in total. The van der Waals surface area contributed by atoms with Crippen LogP contribution in [-0.4, -0.2) is 63.5 Å². The number of carbonyl (C=O) groups excluding carboxylic acids is 2. The summed E-state index contributed by atoms with van der Waals surface area (Å²) < 4.78 is 13.3. The molecule has 0 aromatic heterocycles. The molecule has 1 aliphatic rings. The number of hydrogen-bond acceptors (Lipinski definition) is 2. The van der Waals surface area contributed by atoms with Gasteiger partial charge in [-0.15, -0.1) is 0 Å². The van der Waals surface area contributed by atoms with Crippen molar-refractivity contribution in [3.63, 3.8) is 0 Å². The van der Waals surface area contributed by atoms with Crippen molar-refractivity contribution in [2.75, 3.05) is 52.1 Å². The van der Waals surface area contributed by atoms with Crippen molar-refractivity contribution in [1.82, 2.24) is 4.90 Å². The van der Waals surface area contributed by atoms with E-state index in [1.54, 1.807) is 31.1 Å². The van der Waals surface area contributed by atoms with Gasteiger partial charge in [-0.05, 0) is 18.2 Å². The minimum Gasteiger partial charge on any atom is -0.343 e. The lowest BCUT2D eigenvalue weighted by Crippen LogP contribution is -3.28. The molecule has 29 heavy (non-hydrogen) atoms.